The zero-order valence-electron chi connectivity index (χ0n) is 21.7. The van der Waals surface area contributed by atoms with E-state index < -0.39 is 27.4 Å². The van der Waals surface area contributed by atoms with Crippen molar-refractivity contribution in [3.8, 4) is 16.9 Å². The van der Waals surface area contributed by atoms with Crippen molar-refractivity contribution in [1.29, 1.82) is 0 Å². The number of hydrogen-bond donors (Lipinski definition) is 1. The molecule has 202 valence electrons. The van der Waals surface area contributed by atoms with Crippen LogP contribution in [0.1, 0.15) is 33.5 Å². The SMILES string of the molecule is COc1ccc(-c2cccc(C)c2)cc1S(=O)(=O)Cc1cccc(CCCNC(=O)c2cc(F)ccc2F)c1. The predicted molar refractivity (Wildman–Crippen MR) is 148 cm³/mol. The van der Waals surface area contributed by atoms with E-state index in [1.54, 1.807) is 24.3 Å². The second-order valence-electron chi connectivity index (χ2n) is 9.30. The molecule has 5 nitrogen and oxygen atoms in total. The summed E-state index contributed by atoms with van der Waals surface area (Å²) in [4.78, 5) is 12.3. The first-order valence-corrected chi connectivity index (χ1v) is 14.1. The van der Waals surface area contributed by atoms with Crippen molar-refractivity contribution >= 4 is 15.7 Å². The highest BCUT2D eigenvalue weighted by molar-refractivity contribution is 7.90. The molecule has 0 aliphatic rings. The van der Waals surface area contributed by atoms with Gasteiger partial charge in [0.05, 0.1) is 18.4 Å². The number of aryl methyl sites for hydroxylation is 2. The molecule has 0 saturated carbocycles. The minimum absolute atomic E-state index is 0.127. The van der Waals surface area contributed by atoms with Crippen LogP contribution in [0.5, 0.6) is 5.75 Å². The Kier molecular flexibility index (Phi) is 8.76. The summed E-state index contributed by atoms with van der Waals surface area (Å²) in [6, 6.07) is 23.0. The average molecular weight is 550 g/mol. The number of halogens is 2. The van der Waals surface area contributed by atoms with Crippen molar-refractivity contribution < 1.29 is 26.7 Å². The van der Waals surface area contributed by atoms with E-state index >= 15 is 0 Å². The van der Waals surface area contributed by atoms with Crippen LogP contribution >= 0.6 is 0 Å². The summed E-state index contributed by atoms with van der Waals surface area (Å²) in [6.45, 7) is 2.23. The molecule has 0 spiro atoms. The number of rotatable bonds is 10. The van der Waals surface area contributed by atoms with Crippen molar-refractivity contribution in [1.82, 2.24) is 5.32 Å². The topological polar surface area (TPSA) is 72.5 Å². The van der Waals surface area contributed by atoms with Gasteiger partial charge in [-0.2, -0.15) is 0 Å². The third-order valence-electron chi connectivity index (χ3n) is 6.30. The molecular formula is C31H29F2NO4S. The van der Waals surface area contributed by atoms with Crippen LogP contribution in [0.4, 0.5) is 8.78 Å². The van der Waals surface area contributed by atoms with Gasteiger partial charge in [-0.1, -0.05) is 60.2 Å². The molecule has 0 fully saturated rings. The molecule has 0 atom stereocenters. The van der Waals surface area contributed by atoms with E-state index in [0.29, 0.717) is 18.4 Å². The first-order valence-electron chi connectivity index (χ1n) is 12.5. The average Bonchev–Trinajstić information content (AvgIpc) is 2.92. The summed E-state index contributed by atoms with van der Waals surface area (Å²) in [5.41, 5.74) is 3.96. The van der Waals surface area contributed by atoms with Gasteiger partial charge in [0.2, 0.25) is 0 Å². The molecule has 39 heavy (non-hydrogen) atoms. The molecule has 1 amide bonds. The van der Waals surface area contributed by atoms with E-state index in [9.17, 15) is 22.0 Å². The Morgan fingerprint density at radius 3 is 2.38 bits per heavy atom. The fourth-order valence-electron chi connectivity index (χ4n) is 4.36. The van der Waals surface area contributed by atoms with Gasteiger partial charge in [-0.05, 0) is 72.4 Å². The smallest absolute Gasteiger partial charge is 0.254 e. The van der Waals surface area contributed by atoms with Crippen LogP contribution < -0.4 is 10.1 Å². The molecule has 1 N–H and O–H groups in total. The van der Waals surface area contributed by atoms with Crippen LogP contribution in [0.25, 0.3) is 11.1 Å². The number of nitrogens with one attached hydrogen (secondary N) is 1. The number of ether oxygens (including phenoxy) is 1. The molecule has 0 aromatic heterocycles. The highest BCUT2D eigenvalue weighted by Gasteiger charge is 2.22. The molecule has 0 radical (unpaired) electrons. The van der Waals surface area contributed by atoms with Crippen molar-refractivity contribution in [2.45, 2.75) is 30.4 Å². The lowest BCUT2D eigenvalue weighted by molar-refractivity contribution is 0.0948. The Balaban J connectivity index is 1.43. The Bertz CT molecular complexity index is 1600. The van der Waals surface area contributed by atoms with E-state index in [4.69, 9.17) is 4.74 Å². The first-order chi connectivity index (χ1) is 18.7. The number of carbonyl (C=O) groups is 1. The number of carbonyl (C=O) groups excluding carboxylic acids is 1. The number of hydrogen-bond acceptors (Lipinski definition) is 4. The predicted octanol–water partition coefficient (Wildman–Crippen LogP) is 6.29. The quantitative estimate of drug-likeness (QED) is 0.236. The zero-order chi connectivity index (χ0) is 28.0. The molecule has 8 heteroatoms. The summed E-state index contributed by atoms with van der Waals surface area (Å²) < 4.78 is 59.5. The molecule has 4 rings (SSSR count). The zero-order valence-corrected chi connectivity index (χ0v) is 22.5. The molecule has 0 unspecified atom stereocenters. The van der Waals surface area contributed by atoms with Gasteiger partial charge in [0.15, 0.2) is 9.84 Å². The lowest BCUT2D eigenvalue weighted by Crippen LogP contribution is -2.25. The lowest BCUT2D eigenvalue weighted by Gasteiger charge is -2.13. The van der Waals surface area contributed by atoms with Crippen LogP contribution in [-0.2, 0) is 22.0 Å². The molecular weight excluding hydrogens is 520 g/mol. The standard InChI is InChI=1S/C31H29F2NO4S/c1-21-6-3-10-24(16-21)25-11-14-29(38-2)30(18-25)39(36,37)20-23-8-4-7-22(17-23)9-5-15-34-31(35)27-19-26(32)12-13-28(27)33/h3-4,6-8,10-14,16-19H,5,9,15,20H2,1-2H3,(H,34,35). The van der Waals surface area contributed by atoms with Crippen LogP contribution in [0.2, 0.25) is 0 Å². The maximum Gasteiger partial charge on any atom is 0.254 e. The van der Waals surface area contributed by atoms with E-state index in [1.165, 1.54) is 7.11 Å². The maximum atomic E-state index is 13.8. The van der Waals surface area contributed by atoms with Crippen LogP contribution in [0.3, 0.4) is 0 Å². The second kappa shape index (κ2) is 12.2. The van der Waals surface area contributed by atoms with E-state index in [1.807, 2.05) is 49.4 Å². The summed E-state index contributed by atoms with van der Waals surface area (Å²) in [5, 5.41) is 2.59. The van der Waals surface area contributed by atoms with Gasteiger partial charge < -0.3 is 10.1 Å². The highest BCUT2D eigenvalue weighted by atomic mass is 32.2. The highest BCUT2D eigenvalue weighted by Crippen LogP contribution is 2.32. The third kappa shape index (κ3) is 7.09. The Hall–Kier alpha value is -4.04. The normalized spacial score (nSPS) is 11.3. The molecule has 0 heterocycles. The van der Waals surface area contributed by atoms with E-state index in [0.717, 1.165) is 40.5 Å². The third-order valence-corrected chi connectivity index (χ3v) is 8.00. The van der Waals surface area contributed by atoms with Gasteiger partial charge in [0, 0.05) is 6.54 Å². The number of sulfone groups is 1. The van der Waals surface area contributed by atoms with Crippen molar-refractivity contribution in [2.75, 3.05) is 13.7 Å². The van der Waals surface area contributed by atoms with Gasteiger partial charge in [-0.25, -0.2) is 17.2 Å². The first kappa shape index (κ1) is 28.0. The Labute approximate surface area is 227 Å². The van der Waals surface area contributed by atoms with Crippen molar-refractivity contribution in [3.05, 3.63) is 119 Å². The Morgan fingerprint density at radius 2 is 1.62 bits per heavy atom. The van der Waals surface area contributed by atoms with E-state index in [-0.39, 0.29) is 28.5 Å². The molecule has 0 aliphatic carbocycles. The number of benzene rings is 4. The van der Waals surface area contributed by atoms with Gasteiger partial charge in [0.1, 0.15) is 22.3 Å². The van der Waals surface area contributed by atoms with Crippen molar-refractivity contribution in [3.63, 3.8) is 0 Å². The number of methoxy groups -OCH3 is 1. The lowest BCUT2D eigenvalue weighted by atomic mass is 10.0. The van der Waals surface area contributed by atoms with Gasteiger partial charge in [-0.15, -0.1) is 0 Å². The molecule has 4 aromatic carbocycles. The molecule has 4 aromatic rings. The largest absolute Gasteiger partial charge is 0.495 e. The molecule has 0 aliphatic heterocycles. The van der Waals surface area contributed by atoms with Crippen LogP contribution in [0, 0.1) is 18.6 Å². The molecule has 0 bridgehead atoms. The van der Waals surface area contributed by atoms with Gasteiger partial charge in [0.25, 0.3) is 5.91 Å². The summed E-state index contributed by atoms with van der Waals surface area (Å²) in [6.07, 6.45) is 1.09. The summed E-state index contributed by atoms with van der Waals surface area (Å²) >= 11 is 0. The fourth-order valence-corrected chi connectivity index (χ4v) is 5.90. The maximum absolute atomic E-state index is 13.8. The Morgan fingerprint density at radius 1 is 0.872 bits per heavy atom. The van der Waals surface area contributed by atoms with Crippen LogP contribution in [-0.4, -0.2) is 28.0 Å². The van der Waals surface area contributed by atoms with Crippen LogP contribution in [0.15, 0.2) is 89.8 Å². The minimum Gasteiger partial charge on any atom is -0.495 e. The van der Waals surface area contributed by atoms with E-state index in [2.05, 4.69) is 5.32 Å². The minimum atomic E-state index is -3.74. The summed E-state index contributed by atoms with van der Waals surface area (Å²) in [5.74, 6) is -2.08. The van der Waals surface area contributed by atoms with Gasteiger partial charge >= 0.3 is 0 Å². The van der Waals surface area contributed by atoms with Crippen molar-refractivity contribution in [2.24, 2.45) is 0 Å². The molecule has 0 saturated heterocycles. The number of amides is 1. The second-order valence-corrected chi connectivity index (χ2v) is 11.3. The van der Waals surface area contributed by atoms with Gasteiger partial charge in [-0.3, -0.25) is 4.79 Å². The fraction of sp³-hybridized carbons (Fsp3) is 0.194. The summed E-state index contributed by atoms with van der Waals surface area (Å²) in [7, 11) is -2.29. The monoisotopic (exact) mass is 549 g/mol.